The molecule has 0 aliphatic heterocycles. The number of rotatable bonds is 8. The average molecular weight is 396 g/mol. The Balaban J connectivity index is 1.64. The van der Waals surface area contributed by atoms with Crippen molar-refractivity contribution in [3.8, 4) is 0 Å². The standard InChI is InChI=1S/C23H28N2O4/c1-23(2,3)18-9-11-19(12-10-18)25-21(27)16-29-22(28)13-14-24-20(26)15-17-7-5-4-6-8-17/h4-12H,13-16H2,1-3H3,(H,24,26)(H,25,27). The lowest BCUT2D eigenvalue weighted by Crippen LogP contribution is -2.28. The van der Waals surface area contributed by atoms with Gasteiger partial charge in [0.2, 0.25) is 5.91 Å². The van der Waals surface area contributed by atoms with Crippen molar-refractivity contribution in [3.63, 3.8) is 0 Å². The van der Waals surface area contributed by atoms with Crippen molar-refractivity contribution in [1.29, 1.82) is 0 Å². The van der Waals surface area contributed by atoms with Crippen LogP contribution in [0.25, 0.3) is 0 Å². The summed E-state index contributed by atoms with van der Waals surface area (Å²) in [6.07, 6.45) is 0.264. The Morgan fingerprint density at radius 3 is 2.17 bits per heavy atom. The molecule has 0 spiro atoms. The van der Waals surface area contributed by atoms with Gasteiger partial charge in [0.25, 0.3) is 5.91 Å². The minimum absolute atomic E-state index is 0.00803. The van der Waals surface area contributed by atoms with Crippen molar-refractivity contribution in [1.82, 2.24) is 5.32 Å². The number of benzene rings is 2. The Bertz CT molecular complexity index is 824. The number of amides is 2. The molecule has 0 aliphatic rings. The van der Waals surface area contributed by atoms with Crippen molar-refractivity contribution in [2.24, 2.45) is 0 Å². The van der Waals surface area contributed by atoms with Crippen molar-refractivity contribution >= 4 is 23.5 Å². The highest BCUT2D eigenvalue weighted by atomic mass is 16.5. The predicted octanol–water partition coefficient (Wildman–Crippen LogP) is 3.21. The molecular formula is C23H28N2O4. The van der Waals surface area contributed by atoms with Gasteiger partial charge in [-0.3, -0.25) is 14.4 Å². The van der Waals surface area contributed by atoms with Gasteiger partial charge < -0.3 is 15.4 Å². The van der Waals surface area contributed by atoms with E-state index in [2.05, 4.69) is 31.4 Å². The third-order valence-corrected chi connectivity index (χ3v) is 4.26. The summed E-state index contributed by atoms with van der Waals surface area (Å²) >= 11 is 0. The molecule has 154 valence electrons. The summed E-state index contributed by atoms with van der Waals surface area (Å²) in [7, 11) is 0. The zero-order valence-electron chi connectivity index (χ0n) is 17.2. The van der Waals surface area contributed by atoms with Gasteiger partial charge in [0.1, 0.15) is 0 Å². The third-order valence-electron chi connectivity index (χ3n) is 4.26. The smallest absolute Gasteiger partial charge is 0.308 e. The summed E-state index contributed by atoms with van der Waals surface area (Å²) in [6.45, 7) is 6.15. The molecule has 0 fully saturated rings. The summed E-state index contributed by atoms with van der Waals surface area (Å²) in [5, 5.41) is 5.36. The van der Waals surface area contributed by atoms with Gasteiger partial charge in [-0.15, -0.1) is 0 Å². The first-order chi connectivity index (χ1) is 13.7. The van der Waals surface area contributed by atoms with Crippen LogP contribution < -0.4 is 10.6 Å². The number of ether oxygens (including phenoxy) is 1. The van der Waals surface area contributed by atoms with Crippen LogP contribution in [0.3, 0.4) is 0 Å². The second kappa shape index (κ2) is 10.4. The van der Waals surface area contributed by atoms with E-state index in [0.29, 0.717) is 5.69 Å². The minimum atomic E-state index is -0.539. The first-order valence-electron chi connectivity index (χ1n) is 9.60. The predicted molar refractivity (Wildman–Crippen MR) is 113 cm³/mol. The van der Waals surface area contributed by atoms with Gasteiger partial charge >= 0.3 is 5.97 Å². The molecule has 0 heterocycles. The third kappa shape index (κ3) is 8.17. The Morgan fingerprint density at radius 1 is 0.897 bits per heavy atom. The Kier molecular flexibility index (Phi) is 7.95. The van der Waals surface area contributed by atoms with Gasteiger partial charge in [-0.05, 0) is 28.7 Å². The van der Waals surface area contributed by atoms with E-state index in [0.717, 1.165) is 11.1 Å². The molecule has 0 atom stereocenters. The Morgan fingerprint density at radius 2 is 1.55 bits per heavy atom. The fourth-order valence-corrected chi connectivity index (χ4v) is 2.62. The van der Waals surface area contributed by atoms with Crippen LogP contribution in [-0.2, 0) is 31.0 Å². The highest BCUT2D eigenvalue weighted by Gasteiger charge is 2.13. The van der Waals surface area contributed by atoms with Crippen LogP contribution in [0.2, 0.25) is 0 Å². The second-order valence-corrected chi connectivity index (χ2v) is 7.80. The normalized spacial score (nSPS) is 10.9. The number of hydrogen-bond acceptors (Lipinski definition) is 4. The number of carbonyl (C=O) groups is 3. The summed E-state index contributed by atoms with van der Waals surface area (Å²) in [6, 6.07) is 16.9. The van der Waals surface area contributed by atoms with E-state index in [4.69, 9.17) is 4.74 Å². The first-order valence-corrected chi connectivity index (χ1v) is 9.60. The number of esters is 1. The molecule has 2 aromatic rings. The lowest BCUT2D eigenvalue weighted by atomic mass is 9.87. The van der Waals surface area contributed by atoms with E-state index in [1.165, 1.54) is 0 Å². The molecule has 2 rings (SSSR count). The lowest BCUT2D eigenvalue weighted by Gasteiger charge is -2.19. The van der Waals surface area contributed by atoms with Crippen molar-refractivity contribution in [3.05, 3.63) is 65.7 Å². The maximum atomic E-state index is 11.9. The molecule has 0 unspecified atom stereocenters. The molecule has 2 N–H and O–H groups in total. The highest BCUT2D eigenvalue weighted by Crippen LogP contribution is 2.23. The molecule has 0 saturated carbocycles. The number of carbonyl (C=O) groups excluding carboxylic acids is 3. The summed E-state index contributed by atoms with van der Waals surface area (Å²) in [4.78, 5) is 35.5. The van der Waals surface area contributed by atoms with Crippen molar-refractivity contribution in [2.45, 2.75) is 39.0 Å². The highest BCUT2D eigenvalue weighted by molar-refractivity contribution is 5.92. The largest absolute Gasteiger partial charge is 0.456 e. The maximum Gasteiger partial charge on any atom is 0.308 e. The van der Waals surface area contributed by atoms with Crippen LogP contribution in [-0.4, -0.2) is 30.9 Å². The molecule has 0 radical (unpaired) electrons. The van der Waals surface area contributed by atoms with Crippen LogP contribution in [0.4, 0.5) is 5.69 Å². The van der Waals surface area contributed by atoms with Crippen LogP contribution in [0, 0.1) is 0 Å². The van der Waals surface area contributed by atoms with E-state index in [9.17, 15) is 14.4 Å². The van der Waals surface area contributed by atoms with Crippen LogP contribution in [0.5, 0.6) is 0 Å². The van der Waals surface area contributed by atoms with Crippen molar-refractivity contribution < 1.29 is 19.1 Å². The molecule has 6 nitrogen and oxygen atoms in total. The molecule has 0 aliphatic carbocycles. The molecule has 2 aromatic carbocycles. The van der Waals surface area contributed by atoms with Crippen LogP contribution >= 0.6 is 0 Å². The van der Waals surface area contributed by atoms with E-state index in [1.54, 1.807) is 0 Å². The van der Waals surface area contributed by atoms with Crippen LogP contribution in [0.1, 0.15) is 38.3 Å². The summed E-state index contributed by atoms with van der Waals surface area (Å²) in [5.74, 6) is -1.11. The van der Waals surface area contributed by atoms with Crippen molar-refractivity contribution in [2.75, 3.05) is 18.5 Å². The average Bonchev–Trinajstić information content (AvgIpc) is 2.67. The number of hydrogen-bond donors (Lipinski definition) is 2. The zero-order valence-corrected chi connectivity index (χ0v) is 17.2. The molecule has 0 bridgehead atoms. The Hall–Kier alpha value is -3.15. The zero-order chi connectivity index (χ0) is 21.3. The molecule has 0 saturated heterocycles. The molecule has 6 heteroatoms. The van der Waals surface area contributed by atoms with Gasteiger partial charge in [-0.25, -0.2) is 0 Å². The molecular weight excluding hydrogens is 368 g/mol. The fourth-order valence-electron chi connectivity index (χ4n) is 2.62. The Labute approximate surface area is 171 Å². The SMILES string of the molecule is CC(C)(C)c1ccc(NC(=O)COC(=O)CCNC(=O)Cc2ccccc2)cc1. The quantitative estimate of drug-likeness (QED) is 0.671. The van der Waals surface area contributed by atoms with Gasteiger partial charge in [-0.1, -0.05) is 63.2 Å². The maximum absolute atomic E-state index is 11.9. The monoisotopic (exact) mass is 396 g/mol. The molecule has 2 amide bonds. The molecule has 29 heavy (non-hydrogen) atoms. The fraction of sp³-hybridized carbons (Fsp3) is 0.348. The number of anilines is 1. The summed E-state index contributed by atoms with van der Waals surface area (Å²) < 4.78 is 4.95. The van der Waals surface area contributed by atoms with Gasteiger partial charge in [0, 0.05) is 12.2 Å². The topological polar surface area (TPSA) is 84.5 Å². The first kappa shape index (κ1) is 22.1. The van der Waals surface area contributed by atoms with Gasteiger partial charge in [0.15, 0.2) is 6.61 Å². The number of nitrogens with one attached hydrogen (secondary N) is 2. The van der Waals surface area contributed by atoms with Gasteiger partial charge in [-0.2, -0.15) is 0 Å². The van der Waals surface area contributed by atoms with Crippen LogP contribution in [0.15, 0.2) is 54.6 Å². The van der Waals surface area contributed by atoms with E-state index >= 15 is 0 Å². The van der Waals surface area contributed by atoms with E-state index in [-0.39, 0.29) is 37.3 Å². The summed E-state index contributed by atoms with van der Waals surface area (Å²) in [5.41, 5.74) is 2.75. The second-order valence-electron chi connectivity index (χ2n) is 7.80. The lowest BCUT2D eigenvalue weighted by molar-refractivity contribution is -0.147. The van der Waals surface area contributed by atoms with E-state index in [1.807, 2.05) is 54.6 Å². The van der Waals surface area contributed by atoms with Gasteiger partial charge in [0.05, 0.1) is 12.8 Å². The minimum Gasteiger partial charge on any atom is -0.456 e. The molecule has 0 aromatic heterocycles. The van der Waals surface area contributed by atoms with E-state index < -0.39 is 11.9 Å².